The molecule has 1 aliphatic rings. The van der Waals surface area contributed by atoms with Gasteiger partial charge < -0.3 is 10.1 Å². The molecule has 0 spiro atoms. The summed E-state index contributed by atoms with van der Waals surface area (Å²) in [6.45, 7) is 1.02. The summed E-state index contributed by atoms with van der Waals surface area (Å²) in [5, 5.41) is 3.10. The van der Waals surface area contributed by atoms with Crippen LogP contribution in [-0.4, -0.2) is 18.9 Å². The molecule has 0 radical (unpaired) electrons. The van der Waals surface area contributed by atoms with Crippen LogP contribution in [0.25, 0.3) is 0 Å². The first-order valence-electron chi connectivity index (χ1n) is 3.12. The molecule has 0 aromatic heterocycles. The van der Waals surface area contributed by atoms with E-state index in [1.54, 1.807) is 0 Å². The first-order valence-corrected chi connectivity index (χ1v) is 3.12. The second-order valence-corrected chi connectivity index (χ2v) is 2.19. The van der Waals surface area contributed by atoms with Gasteiger partial charge in [-0.15, -0.1) is 0 Å². The normalized spacial score (nSPS) is 29.8. The fourth-order valence-corrected chi connectivity index (χ4v) is 0.995. The van der Waals surface area contributed by atoms with Gasteiger partial charge >= 0.3 is 0 Å². The Morgan fingerprint density at radius 2 is 2.38 bits per heavy atom. The third-order valence-electron chi connectivity index (χ3n) is 1.51. The van der Waals surface area contributed by atoms with E-state index < -0.39 is 0 Å². The van der Waals surface area contributed by atoms with Crippen molar-refractivity contribution in [3.63, 3.8) is 0 Å². The number of aldehydes is 1. The molecule has 1 unspecified atom stereocenters. The number of nitrogens with one attached hydrogen (secondary N) is 1. The fraction of sp³-hybridized carbons (Fsp3) is 0.833. The van der Waals surface area contributed by atoms with Crippen LogP contribution in [0.5, 0.6) is 0 Å². The monoisotopic (exact) mass is 113 g/mol. The highest BCUT2D eigenvalue weighted by molar-refractivity contribution is 5.57. The Hall–Kier alpha value is -0.370. The lowest BCUT2D eigenvalue weighted by Crippen LogP contribution is -2.34. The van der Waals surface area contributed by atoms with E-state index in [4.69, 9.17) is 0 Å². The minimum absolute atomic E-state index is 0.156. The second kappa shape index (κ2) is 2.82. The number of hydrogen-bond acceptors (Lipinski definition) is 2. The molecule has 1 fully saturated rings. The third kappa shape index (κ3) is 1.30. The summed E-state index contributed by atoms with van der Waals surface area (Å²) in [7, 11) is 0. The highest BCUT2D eigenvalue weighted by Gasteiger charge is 2.09. The van der Waals surface area contributed by atoms with Crippen LogP contribution in [-0.2, 0) is 4.79 Å². The largest absolute Gasteiger partial charge is 0.308 e. The molecule has 1 atom stereocenters. The highest BCUT2D eigenvalue weighted by atomic mass is 16.1. The van der Waals surface area contributed by atoms with Crippen molar-refractivity contribution in [2.24, 2.45) is 0 Å². The summed E-state index contributed by atoms with van der Waals surface area (Å²) in [4.78, 5) is 10.1. The standard InChI is InChI=1S/C6H11NO/c8-5-6-3-1-2-4-7-6/h5-7H,1-4H2. The number of hydrogen-bond donors (Lipinski definition) is 1. The molecule has 0 bridgehead atoms. The maximum Gasteiger partial charge on any atom is 0.136 e. The minimum Gasteiger partial charge on any atom is -0.308 e. The Balaban J connectivity index is 2.22. The van der Waals surface area contributed by atoms with Crippen LogP contribution in [0.2, 0.25) is 0 Å². The predicted octanol–water partition coefficient (Wildman–Crippen LogP) is 0.327. The van der Waals surface area contributed by atoms with Gasteiger partial charge in [0.25, 0.3) is 0 Å². The molecule has 1 saturated heterocycles. The lowest BCUT2D eigenvalue weighted by molar-refractivity contribution is -0.110. The molecule has 2 heteroatoms. The molecule has 0 aliphatic carbocycles. The molecule has 0 amide bonds. The average Bonchev–Trinajstić information content (AvgIpc) is 1.90. The fourth-order valence-electron chi connectivity index (χ4n) is 0.995. The topological polar surface area (TPSA) is 29.1 Å². The van der Waals surface area contributed by atoms with Crippen molar-refractivity contribution in [2.45, 2.75) is 25.3 Å². The smallest absolute Gasteiger partial charge is 0.136 e. The molecular weight excluding hydrogens is 102 g/mol. The summed E-state index contributed by atoms with van der Waals surface area (Å²) in [5.74, 6) is 0. The van der Waals surface area contributed by atoms with Crippen molar-refractivity contribution in [1.29, 1.82) is 0 Å². The van der Waals surface area contributed by atoms with Gasteiger partial charge in [0.05, 0.1) is 6.04 Å². The Kier molecular flexibility index (Phi) is 2.03. The molecule has 0 aromatic rings. The lowest BCUT2D eigenvalue weighted by atomic mass is 10.1. The van der Waals surface area contributed by atoms with Crippen LogP contribution >= 0.6 is 0 Å². The van der Waals surface area contributed by atoms with Crippen molar-refractivity contribution in [3.8, 4) is 0 Å². The SMILES string of the molecule is O=CC1CCCCN1. The molecule has 0 saturated carbocycles. The second-order valence-electron chi connectivity index (χ2n) is 2.19. The Morgan fingerprint density at radius 1 is 1.50 bits per heavy atom. The number of carbonyl (C=O) groups excluding carboxylic acids is 1. The van der Waals surface area contributed by atoms with Gasteiger partial charge in [-0.2, -0.15) is 0 Å². The van der Waals surface area contributed by atoms with E-state index in [0.29, 0.717) is 0 Å². The van der Waals surface area contributed by atoms with E-state index in [-0.39, 0.29) is 6.04 Å². The lowest BCUT2D eigenvalue weighted by Gasteiger charge is -2.17. The van der Waals surface area contributed by atoms with Gasteiger partial charge in [-0.05, 0) is 19.4 Å². The number of rotatable bonds is 1. The molecule has 1 aliphatic heterocycles. The Bertz CT molecular complexity index is 76.6. The van der Waals surface area contributed by atoms with Gasteiger partial charge in [-0.1, -0.05) is 6.42 Å². The molecule has 1 heterocycles. The highest BCUT2D eigenvalue weighted by Crippen LogP contribution is 2.03. The first kappa shape index (κ1) is 5.76. The van der Waals surface area contributed by atoms with Crippen molar-refractivity contribution >= 4 is 6.29 Å². The van der Waals surface area contributed by atoms with Crippen LogP contribution in [0.15, 0.2) is 0 Å². The summed E-state index contributed by atoms with van der Waals surface area (Å²) in [6.07, 6.45) is 4.46. The van der Waals surface area contributed by atoms with Crippen LogP contribution in [0, 0.1) is 0 Å². The van der Waals surface area contributed by atoms with Crippen molar-refractivity contribution < 1.29 is 4.79 Å². The molecule has 2 nitrogen and oxygen atoms in total. The predicted molar refractivity (Wildman–Crippen MR) is 31.7 cm³/mol. The molecular formula is C6H11NO. The zero-order valence-corrected chi connectivity index (χ0v) is 4.89. The van der Waals surface area contributed by atoms with Gasteiger partial charge in [0.2, 0.25) is 0 Å². The molecule has 0 aromatic carbocycles. The summed E-state index contributed by atoms with van der Waals surface area (Å²) in [5.41, 5.74) is 0. The Morgan fingerprint density at radius 3 is 2.75 bits per heavy atom. The van der Waals surface area contributed by atoms with Crippen LogP contribution in [0.3, 0.4) is 0 Å². The van der Waals surface area contributed by atoms with Crippen molar-refractivity contribution in [3.05, 3.63) is 0 Å². The van der Waals surface area contributed by atoms with E-state index in [9.17, 15) is 4.79 Å². The van der Waals surface area contributed by atoms with E-state index in [0.717, 1.165) is 19.3 Å². The van der Waals surface area contributed by atoms with Gasteiger partial charge in [-0.3, -0.25) is 0 Å². The van der Waals surface area contributed by atoms with Crippen LogP contribution < -0.4 is 5.32 Å². The summed E-state index contributed by atoms with van der Waals surface area (Å²) in [6, 6.07) is 0.156. The van der Waals surface area contributed by atoms with E-state index >= 15 is 0 Å². The number of carbonyl (C=O) groups is 1. The van der Waals surface area contributed by atoms with E-state index in [2.05, 4.69) is 5.32 Å². The molecule has 46 valence electrons. The molecule has 8 heavy (non-hydrogen) atoms. The first-order chi connectivity index (χ1) is 3.93. The van der Waals surface area contributed by atoms with Crippen molar-refractivity contribution in [2.75, 3.05) is 6.54 Å². The number of piperidine rings is 1. The molecule has 1 rings (SSSR count). The average molecular weight is 113 g/mol. The van der Waals surface area contributed by atoms with Crippen LogP contribution in [0.1, 0.15) is 19.3 Å². The Labute approximate surface area is 49.3 Å². The quantitative estimate of drug-likeness (QED) is 0.496. The van der Waals surface area contributed by atoms with E-state index in [1.807, 2.05) is 0 Å². The van der Waals surface area contributed by atoms with Gasteiger partial charge in [-0.25, -0.2) is 0 Å². The third-order valence-corrected chi connectivity index (χ3v) is 1.51. The zero-order valence-electron chi connectivity index (χ0n) is 4.89. The van der Waals surface area contributed by atoms with Gasteiger partial charge in [0.15, 0.2) is 0 Å². The van der Waals surface area contributed by atoms with E-state index in [1.165, 1.54) is 12.8 Å². The maximum atomic E-state index is 10.1. The van der Waals surface area contributed by atoms with Gasteiger partial charge in [0, 0.05) is 0 Å². The maximum absolute atomic E-state index is 10.1. The summed E-state index contributed by atoms with van der Waals surface area (Å²) < 4.78 is 0. The zero-order chi connectivity index (χ0) is 5.82. The van der Waals surface area contributed by atoms with Crippen LogP contribution in [0.4, 0.5) is 0 Å². The van der Waals surface area contributed by atoms with Crippen molar-refractivity contribution in [1.82, 2.24) is 5.32 Å². The summed E-state index contributed by atoms with van der Waals surface area (Å²) >= 11 is 0. The molecule has 1 N–H and O–H groups in total. The van der Waals surface area contributed by atoms with Gasteiger partial charge in [0.1, 0.15) is 6.29 Å². The minimum atomic E-state index is 0.156.